The Kier molecular flexibility index (Phi) is 14.5. The Morgan fingerprint density at radius 3 is 0.923 bits per heavy atom. The predicted octanol–water partition coefficient (Wildman–Crippen LogP) is 9.12. The highest BCUT2D eigenvalue weighted by atomic mass is 35.5. The van der Waals surface area contributed by atoms with Crippen molar-refractivity contribution in [3.8, 4) is 0 Å². The van der Waals surface area contributed by atoms with E-state index in [9.17, 15) is 9.59 Å². The minimum absolute atomic E-state index is 0.0699. The molecule has 52 heavy (non-hydrogen) atoms. The molecule has 0 aromatic heterocycles. The normalized spacial score (nSPS) is 22.1. The molecule has 2 aliphatic rings. The van der Waals surface area contributed by atoms with Gasteiger partial charge < -0.3 is 20.4 Å². The highest BCUT2D eigenvalue weighted by molar-refractivity contribution is 6.31. The van der Waals surface area contributed by atoms with Crippen molar-refractivity contribution in [2.45, 2.75) is 36.5 Å². The highest BCUT2D eigenvalue weighted by Crippen LogP contribution is 2.54. The molecule has 2 saturated carbocycles. The molecule has 276 valence electrons. The lowest BCUT2D eigenvalue weighted by atomic mass is 9.59. The van der Waals surface area contributed by atoms with Gasteiger partial charge in [0.05, 0.1) is 11.8 Å². The summed E-state index contributed by atoms with van der Waals surface area (Å²) in [5.41, 5.74) is 4.69. The molecule has 6 rings (SSSR count). The molecule has 2 aliphatic carbocycles. The average Bonchev–Trinajstić information content (AvgIpc) is 3.07. The number of rotatable bonds is 12. The largest absolute Gasteiger partial charge is 0.355 e. The molecule has 4 aromatic carbocycles. The Balaban J connectivity index is 0.000000201. The van der Waals surface area contributed by atoms with Crippen LogP contribution in [0.5, 0.6) is 0 Å². The number of amides is 2. The number of halogens is 4. The zero-order chi connectivity index (χ0) is 37.4. The first-order valence-electron chi connectivity index (χ1n) is 17.8. The molecule has 6 atom stereocenters. The van der Waals surface area contributed by atoms with Crippen LogP contribution in [-0.2, 0) is 9.59 Å². The zero-order valence-electron chi connectivity index (χ0n) is 30.2. The number of nitrogens with one attached hydrogen (secondary N) is 2. The molecule has 2 fully saturated rings. The van der Waals surface area contributed by atoms with Crippen molar-refractivity contribution in [1.29, 1.82) is 0 Å². The van der Waals surface area contributed by atoms with Crippen LogP contribution < -0.4 is 10.6 Å². The molecule has 10 heteroatoms. The van der Waals surface area contributed by atoms with Crippen LogP contribution in [0.1, 0.15) is 58.8 Å². The average molecular weight is 783 g/mol. The van der Waals surface area contributed by atoms with Crippen molar-refractivity contribution in [2.75, 3.05) is 54.4 Å². The van der Waals surface area contributed by atoms with Crippen molar-refractivity contribution in [3.63, 3.8) is 0 Å². The van der Waals surface area contributed by atoms with Crippen LogP contribution in [0, 0.1) is 11.8 Å². The lowest BCUT2D eigenvalue weighted by molar-refractivity contribution is -0.130. The first-order chi connectivity index (χ1) is 24.9. The summed E-state index contributed by atoms with van der Waals surface area (Å²) in [4.78, 5) is 30.0. The summed E-state index contributed by atoms with van der Waals surface area (Å²) in [5, 5.41) is 9.08. The van der Waals surface area contributed by atoms with Crippen LogP contribution in [0.15, 0.2) is 97.1 Å². The van der Waals surface area contributed by atoms with Gasteiger partial charge >= 0.3 is 0 Å². The van der Waals surface area contributed by atoms with E-state index < -0.39 is 0 Å². The Bertz CT molecular complexity index is 1520. The zero-order valence-corrected chi connectivity index (χ0v) is 33.2. The number of benzene rings is 4. The monoisotopic (exact) mass is 780 g/mol. The fourth-order valence-corrected chi connectivity index (χ4v) is 7.79. The third-order valence-corrected chi connectivity index (χ3v) is 11.3. The Hall–Kier alpha value is -3.10. The molecular weight excluding hydrogens is 734 g/mol. The lowest BCUT2D eigenvalue weighted by Crippen LogP contribution is -2.46. The molecule has 0 radical (unpaired) electrons. The fraction of sp³-hybridized carbons (Fsp3) is 0.381. The quantitative estimate of drug-likeness (QED) is 0.151. The molecule has 2 N–H and O–H groups in total. The van der Waals surface area contributed by atoms with E-state index in [-0.39, 0.29) is 47.3 Å². The van der Waals surface area contributed by atoms with Crippen LogP contribution in [0.4, 0.5) is 0 Å². The third kappa shape index (κ3) is 10.5. The summed E-state index contributed by atoms with van der Waals surface area (Å²) in [7, 11) is 8.01. The second-order valence-electron chi connectivity index (χ2n) is 14.3. The maximum atomic E-state index is 12.9. The van der Waals surface area contributed by atoms with E-state index >= 15 is 0 Å². The van der Waals surface area contributed by atoms with Gasteiger partial charge in [0.1, 0.15) is 0 Å². The van der Waals surface area contributed by atoms with Gasteiger partial charge in [-0.05, 0) is 135 Å². The second kappa shape index (κ2) is 18.8. The molecule has 2 amide bonds. The molecule has 0 saturated heterocycles. The van der Waals surface area contributed by atoms with Gasteiger partial charge in [-0.1, -0.05) is 94.9 Å². The first kappa shape index (κ1) is 40.1. The van der Waals surface area contributed by atoms with Crippen LogP contribution in [0.3, 0.4) is 0 Å². The maximum absolute atomic E-state index is 12.9. The summed E-state index contributed by atoms with van der Waals surface area (Å²) in [6.45, 7) is 2.97. The Labute approximate surface area is 328 Å². The van der Waals surface area contributed by atoms with Gasteiger partial charge in [0.2, 0.25) is 11.8 Å². The van der Waals surface area contributed by atoms with E-state index in [1.165, 1.54) is 22.3 Å². The van der Waals surface area contributed by atoms with Gasteiger partial charge in [-0.3, -0.25) is 9.59 Å². The van der Waals surface area contributed by atoms with Crippen molar-refractivity contribution in [1.82, 2.24) is 20.4 Å². The summed E-state index contributed by atoms with van der Waals surface area (Å²) in [5.74, 6) is 0.967. The van der Waals surface area contributed by atoms with Gasteiger partial charge in [-0.25, -0.2) is 0 Å². The minimum atomic E-state index is -0.0699. The van der Waals surface area contributed by atoms with E-state index in [1.807, 2.05) is 125 Å². The van der Waals surface area contributed by atoms with Crippen LogP contribution in [0.25, 0.3) is 0 Å². The Morgan fingerprint density at radius 1 is 0.481 bits per heavy atom. The highest BCUT2D eigenvalue weighted by Gasteiger charge is 2.47. The van der Waals surface area contributed by atoms with Gasteiger partial charge in [-0.15, -0.1) is 0 Å². The van der Waals surface area contributed by atoms with Crippen molar-refractivity contribution >= 4 is 58.2 Å². The lowest BCUT2D eigenvalue weighted by Gasteiger charge is -2.44. The van der Waals surface area contributed by atoms with Crippen LogP contribution in [-0.4, -0.2) is 76.0 Å². The molecule has 0 heterocycles. The number of hydrogen-bond donors (Lipinski definition) is 2. The molecule has 2 unspecified atom stereocenters. The van der Waals surface area contributed by atoms with Crippen LogP contribution in [0.2, 0.25) is 20.1 Å². The van der Waals surface area contributed by atoms with Crippen molar-refractivity contribution in [3.05, 3.63) is 139 Å². The summed E-state index contributed by atoms with van der Waals surface area (Å²) in [6.07, 6.45) is 1.91. The molecule has 4 aromatic rings. The van der Waals surface area contributed by atoms with E-state index in [0.717, 1.165) is 25.9 Å². The first-order valence-corrected chi connectivity index (χ1v) is 19.3. The summed E-state index contributed by atoms with van der Waals surface area (Å²) in [6, 6.07) is 31.4. The molecule has 0 bridgehead atoms. The molecule has 0 aliphatic heterocycles. The van der Waals surface area contributed by atoms with E-state index in [0.29, 0.717) is 33.2 Å². The molecular formula is C42H48Cl4N4O2. The molecule has 0 spiro atoms. The number of carbonyl (C=O) groups is 2. The number of nitrogens with zero attached hydrogens (tertiary/aromatic N) is 2. The number of hydrogen-bond acceptors (Lipinski definition) is 4. The van der Waals surface area contributed by atoms with Gasteiger partial charge in [0, 0.05) is 46.3 Å². The fourth-order valence-electron chi connectivity index (χ4n) is 7.29. The van der Waals surface area contributed by atoms with Gasteiger partial charge in [-0.2, -0.15) is 0 Å². The molecule has 6 nitrogen and oxygen atoms in total. The smallest absolute Gasteiger partial charge is 0.224 e. The Morgan fingerprint density at radius 2 is 0.712 bits per heavy atom. The summed E-state index contributed by atoms with van der Waals surface area (Å²) >= 11 is 24.1. The van der Waals surface area contributed by atoms with Gasteiger partial charge in [0.25, 0.3) is 0 Å². The second-order valence-corrected chi connectivity index (χ2v) is 16.1. The minimum Gasteiger partial charge on any atom is -0.355 e. The summed E-state index contributed by atoms with van der Waals surface area (Å²) < 4.78 is 0. The standard InChI is InChI=1S/2C21H24Cl2N2O/c2*1-25(2)12-11-24-21(26)20-18(14-3-7-16(22)8-4-14)13-19(20)15-5-9-17(23)10-6-15/h2*3-10,18-20H,11-13H2,1-2H3,(H,24,26)/t2*18-,19+,20?. The van der Waals surface area contributed by atoms with E-state index in [4.69, 9.17) is 46.4 Å². The number of carbonyl (C=O) groups excluding carboxylic acids is 2. The maximum Gasteiger partial charge on any atom is 0.224 e. The number of likely N-dealkylation sites (N-methyl/N-ethyl adjacent to an activating group) is 2. The third-order valence-electron chi connectivity index (χ3n) is 10.3. The predicted molar refractivity (Wildman–Crippen MR) is 216 cm³/mol. The van der Waals surface area contributed by atoms with Crippen molar-refractivity contribution < 1.29 is 9.59 Å². The topological polar surface area (TPSA) is 64.7 Å². The van der Waals surface area contributed by atoms with E-state index in [2.05, 4.69) is 20.4 Å². The van der Waals surface area contributed by atoms with Crippen molar-refractivity contribution in [2.24, 2.45) is 11.8 Å². The SMILES string of the molecule is CN(C)CCNC(=O)C1[C@@H](c2ccc(Cl)cc2)C[C@H]1c1ccc(Cl)cc1.CN(C)CCNC(=O)C1[C@@H](c2ccc(Cl)cc2)C[C@H]1c1ccc(Cl)cc1. The van der Waals surface area contributed by atoms with Gasteiger partial charge in [0.15, 0.2) is 0 Å². The van der Waals surface area contributed by atoms with Crippen LogP contribution >= 0.6 is 46.4 Å². The van der Waals surface area contributed by atoms with E-state index in [1.54, 1.807) is 0 Å².